The zero-order valence-corrected chi connectivity index (χ0v) is 9.18. The average molecular weight is 204 g/mol. The van der Waals surface area contributed by atoms with Crippen molar-refractivity contribution in [2.24, 2.45) is 10.9 Å². The Morgan fingerprint density at radius 3 is 3.07 bits per heavy atom. The van der Waals surface area contributed by atoms with Crippen LogP contribution in [0.25, 0.3) is 0 Å². The number of hydrogen-bond acceptors (Lipinski definition) is 3. The van der Waals surface area contributed by atoms with Crippen molar-refractivity contribution in [2.75, 3.05) is 6.61 Å². The molecule has 0 amide bonds. The van der Waals surface area contributed by atoms with Crippen molar-refractivity contribution in [1.29, 1.82) is 0 Å². The molecule has 0 aromatic carbocycles. The maximum atomic E-state index is 5.56. The predicted octanol–water partition coefficient (Wildman–Crippen LogP) is 2.27. The molecule has 1 aliphatic rings. The Labute approximate surface area is 90.2 Å². The molecule has 1 aliphatic heterocycles. The van der Waals surface area contributed by atoms with E-state index in [1.165, 1.54) is 0 Å². The third-order valence-electron chi connectivity index (χ3n) is 2.86. The lowest BCUT2D eigenvalue weighted by molar-refractivity contribution is 0.282. The van der Waals surface area contributed by atoms with Gasteiger partial charge in [0.1, 0.15) is 12.3 Å². The van der Waals surface area contributed by atoms with E-state index < -0.39 is 0 Å². The van der Waals surface area contributed by atoms with Crippen LogP contribution < -0.4 is 0 Å². The Morgan fingerprint density at radius 1 is 1.53 bits per heavy atom. The Kier molecular flexibility index (Phi) is 2.99. The topological polar surface area (TPSA) is 34.5 Å². The summed E-state index contributed by atoms with van der Waals surface area (Å²) in [5, 5.41) is 0. The van der Waals surface area contributed by atoms with Crippen molar-refractivity contribution in [3.63, 3.8) is 0 Å². The van der Waals surface area contributed by atoms with E-state index in [9.17, 15) is 0 Å². The molecule has 3 heteroatoms. The standard InChI is InChI=1S/C12H16N2O/c1-3-9(2)11-8-15-12(14-11)10-6-4-5-7-13-10/h4-7,9,11H,3,8H2,1-2H3/t9?,11-/m0/s1. The lowest BCUT2D eigenvalue weighted by atomic mass is 10.0. The Balaban J connectivity index is 2.13. The van der Waals surface area contributed by atoms with Crippen molar-refractivity contribution in [3.8, 4) is 0 Å². The van der Waals surface area contributed by atoms with Crippen molar-refractivity contribution >= 4 is 5.90 Å². The Hall–Kier alpha value is -1.38. The van der Waals surface area contributed by atoms with Gasteiger partial charge in [0.05, 0.1) is 6.04 Å². The zero-order valence-electron chi connectivity index (χ0n) is 9.18. The van der Waals surface area contributed by atoms with E-state index in [0.717, 1.165) is 12.1 Å². The molecule has 1 aromatic heterocycles. The monoisotopic (exact) mass is 204 g/mol. The van der Waals surface area contributed by atoms with Gasteiger partial charge in [0.25, 0.3) is 0 Å². The number of hydrogen-bond donors (Lipinski definition) is 0. The lowest BCUT2D eigenvalue weighted by Crippen LogP contribution is -2.16. The SMILES string of the molecule is CCC(C)[C@@H]1COC(c2ccccn2)=N1. The van der Waals surface area contributed by atoms with E-state index >= 15 is 0 Å². The molecule has 2 rings (SSSR count). The number of aliphatic imine (C=N–C) groups is 1. The Bertz CT molecular complexity index is 348. The van der Waals surface area contributed by atoms with Crippen molar-refractivity contribution in [1.82, 2.24) is 4.98 Å². The number of aromatic nitrogens is 1. The fraction of sp³-hybridized carbons (Fsp3) is 0.500. The fourth-order valence-electron chi connectivity index (χ4n) is 1.58. The van der Waals surface area contributed by atoms with Gasteiger partial charge < -0.3 is 4.74 Å². The van der Waals surface area contributed by atoms with E-state index in [2.05, 4.69) is 23.8 Å². The minimum Gasteiger partial charge on any atom is -0.474 e. The molecule has 0 bridgehead atoms. The number of ether oxygens (including phenoxy) is 1. The van der Waals surface area contributed by atoms with Gasteiger partial charge in [-0.05, 0) is 18.1 Å². The molecule has 3 nitrogen and oxygen atoms in total. The minimum absolute atomic E-state index is 0.298. The highest BCUT2D eigenvalue weighted by Gasteiger charge is 2.24. The van der Waals surface area contributed by atoms with Crippen molar-refractivity contribution in [3.05, 3.63) is 30.1 Å². The summed E-state index contributed by atoms with van der Waals surface area (Å²) in [4.78, 5) is 8.79. The summed E-state index contributed by atoms with van der Waals surface area (Å²) in [6, 6.07) is 6.07. The van der Waals surface area contributed by atoms with E-state index in [1.807, 2.05) is 18.2 Å². The van der Waals surface area contributed by atoms with Gasteiger partial charge in [-0.3, -0.25) is 4.98 Å². The quantitative estimate of drug-likeness (QED) is 0.757. The molecule has 1 aromatic rings. The van der Waals surface area contributed by atoms with Crippen LogP contribution in [-0.4, -0.2) is 23.5 Å². The molecule has 0 saturated heterocycles. The molecule has 0 fully saturated rings. The highest BCUT2D eigenvalue weighted by Crippen LogP contribution is 2.18. The van der Waals surface area contributed by atoms with Crippen LogP contribution in [0.1, 0.15) is 26.0 Å². The second kappa shape index (κ2) is 4.43. The maximum absolute atomic E-state index is 5.56. The Morgan fingerprint density at radius 2 is 2.40 bits per heavy atom. The van der Waals surface area contributed by atoms with Gasteiger partial charge in [-0.25, -0.2) is 4.99 Å². The third-order valence-corrected chi connectivity index (χ3v) is 2.86. The smallest absolute Gasteiger partial charge is 0.235 e. The summed E-state index contributed by atoms with van der Waals surface area (Å²) in [5.41, 5.74) is 0.836. The lowest BCUT2D eigenvalue weighted by Gasteiger charge is -2.11. The highest BCUT2D eigenvalue weighted by atomic mass is 16.5. The summed E-state index contributed by atoms with van der Waals surface area (Å²) in [6.07, 6.45) is 2.89. The largest absolute Gasteiger partial charge is 0.474 e. The van der Waals surface area contributed by atoms with Crippen LogP contribution in [0.2, 0.25) is 0 Å². The van der Waals surface area contributed by atoms with Gasteiger partial charge in [-0.1, -0.05) is 26.3 Å². The first-order valence-corrected chi connectivity index (χ1v) is 5.43. The second-order valence-corrected chi connectivity index (χ2v) is 3.91. The van der Waals surface area contributed by atoms with Gasteiger partial charge in [-0.2, -0.15) is 0 Å². The van der Waals surface area contributed by atoms with Gasteiger partial charge in [0.15, 0.2) is 0 Å². The van der Waals surface area contributed by atoms with Crippen LogP contribution in [0.15, 0.2) is 29.4 Å². The van der Waals surface area contributed by atoms with Gasteiger partial charge in [0, 0.05) is 6.20 Å². The van der Waals surface area contributed by atoms with Gasteiger partial charge in [-0.15, -0.1) is 0 Å². The summed E-state index contributed by atoms with van der Waals surface area (Å²) >= 11 is 0. The molecule has 0 spiro atoms. The first kappa shape index (κ1) is 10.1. The predicted molar refractivity (Wildman–Crippen MR) is 60.0 cm³/mol. The van der Waals surface area contributed by atoms with E-state index in [-0.39, 0.29) is 0 Å². The molecule has 15 heavy (non-hydrogen) atoms. The highest BCUT2D eigenvalue weighted by molar-refractivity contribution is 5.93. The molecular formula is C12H16N2O. The molecule has 0 N–H and O–H groups in total. The molecule has 2 atom stereocenters. The average Bonchev–Trinajstić information content (AvgIpc) is 2.78. The third kappa shape index (κ3) is 2.17. The number of pyridine rings is 1. The van der Waals surface area contributed by atoms with Crippen LogP contribution in [0.4, 0.5) is 0 Å². The molecule has 0 aliphatic carbocycles. The molecular weight excluding hydrogens is 188 g/mol. The second-order valence-electron chi connectivity index (χ2n) is 3.91. The summed E-state index contributed by atoms with van der Waals surface area (Å²) in [6.45, 7) is 5.08. The van der Waals surface area contributed by atoms with E-state index in [0.29, 0.717) is 24.5 Å². The van der Waals surface area contributed by atoms with E-state index in [4.69, 9.17) is 4.74 Å². The van der Waals surface area contributed by atoms with Gasteiger partial charge in [0.2, 0.25) is 5.90 Å². The van der Waals surface area contributed by atoms with Crippen molar-refractivity contribution < 1.29 is 4.74 Å². The summed E-state index contributed by atoms with van der Waals surface area (Å²) in [5.74, 6) is 1.27. The van der Waals surface area contributed by atoms with Crippen LogP contribution in [0, 0.1) is 5.92 Å². The first-order valence-electron chi connectivity index (χ1n) is 5.43. The fourth-order valence-corrected chi connectivity index (χ4v) is 1.58. The molecule has 1 unspecified atom stereocenters. The molecule has 80 valence electrons. The van der Waals surface area contributed by atoms with Gasteiger partial charge >= 0.3 is 0 Å². The normalized spacial score (nSPS) is 22.0. The number of nitrogens with zero attached hydrogens (tertiary/aromatic N) is 2. The summed E-state index contributed by atoms with van der Waals surface area (Å²) in [7, 11) is 0. The molecule has 0 radical (unpaired) electrons. The minimum atomic E-state index is 0.298. The zero-order chi connectivity index (χ0) is 10.7. The number of rotatable bonds is 3. The molecule has 0 saturated carbocycles. The van der Waals surface area contributed by atoms with Crippen LogP contribution >= 0.6 is 0 Å². The summed E-state index contributed by atoms with van der Waals surface area (Å²) < 4.78 is 5.56. The maximum Gasteiger partial charge on any atom is 0.235 e. The van der Waals surface area contributed by atoms with Crippen LogP contribution in [-0.2, 0) is 4.74 Å². The van der Waals surface area contributed by atoms with Crippen LogP contribution in [0.3, 0.4) is 0 Å². The van der Waals surface area contributed by atoms with Crippen LogP contribution in [0.5, 0.6) is 0 Å². The van der Waals surface area contributed by atoms with E-state index in [1.54, 1.807) is 6.20 Å². The van der Waals surface area contributed by atoms with Crippen molar-refractivity contribution in [2.45, 2.75) is 26.3 Å². The molecule has 2 heterocycles. The first-order chi connectivity index (χ1) is 7.31.